The molecule has 1 aromatic carbocycles. The third-order valence-electron chi connectivity index (χ3n) is 3.12. The smallest absolute Gasteiger partial charge is 0.318 e. The second-order valence-electron chi connectivity index (χ2n) is 4.98. The van der Waals surface area contributed by atoms with Crippen molar-refractivity contribution >= 4 is 23.7 Å². The first-order valence-electron chi connectivity index (χ1n) is 6.76. The third-order valence-corrected chi connectivity index (χ3v) is 4.20. The average Bonchev–Trinajstić information content (AvgIpc) is 2.86. The zero-order chi connectivity index (χ0) is 16.3. The fraction of sp³-hybridized carbons (Fsp3) is 0.267. The Morgan fingerprint density at radius 2 is 2.09 bits per heavy atom. The Morgan fingerprint density at radius 1 is 1.36 bits per heavy atom. The van der Waals surface area contributed by atoms with Crippen LogP contribution in [0.1, 0.15) is 18.1 Å². The summed E-state index contributed by atoms with van der Waals surface area (Å²) in [5, 5.41) is 2.27. The van der Waals surface area contributed by atoms with Crippen LogP contribution in [0.3, 0.4) is 0 Å². The molecule has 0 spiro atoms. The molecule has 0 saturated carbocycles. The van der Waals surface area contributed by atoms with Crippen molar-refractivity contribution in [3.05, 3.63) is 41.7 Å². The van der Waals surface area contributed by atoms with E-state index in [0.29, 0.717) is 5.16 Å². The lowest BCUT2D eigenvalue weighted by Gasteiger charge is -2.13. The van der Waals surface area contributed by atoms with Crippen molar-refractivity contribution in [3.8, 4) is 5.69 Å². The van der Waals surface area contributed by atoms with Crippen LogP contribution in [0.5, 0.6) is 0 Å². The normalized spacial score (nSPS) is 12.0. The maximum Gasteiger partial charge on any atom is 0.318 e. The Kier molecular flexibility index (Phi) is 4.87. The van der Waals surface area contributed by atoms with Gasteiger partial charge in [0, 0.05) is 12.4 Å². The van der Waals surface area contributed by atoms with Crippen LogP contribution in [-0.4, -0.2) is 26.7 Å². The number of nitrogens with zero attached hydrogens (tertiary/aromatic N) is 2. The number of primary amides is 1. The van der Waals surface area contributed by atoms with Gasteiger partial charge in [0.1, 0.15) is 0 Å². The Bertz CT molecular complexity index is 711. The van der Waals surface area contributed by atoms with Gasteiger partial charge in [-0.05, 0) is 32.4 Å². The van der Waals surface area contributed by atoms with E-state index in [1.807, 2.05) is 36.7 Å². The highest BCUT2D eigenvalue weighted by Crippen LogP contribution is 2.26. The van der Waals surface area contributed by atoms with Crippen LogP contribution in [0.25, 0.3) is 5.69 Å². The zero-order valence-corrected chi connectivity index (χ0v) is 13.5. The first kappa shape index (κ1) is 16.1. The van der Waals surface area contributed by atoms with E-state index in [9.17, 15) is 9.59 Å². The molecule has 0 saturated heterocycles. The lowest BCUT2D eigenvalue weighted by molar-refractivity contribution is -0.119. The summed E-state index contributed by atoms with van der Waals surface area (Å²) < 4.78 is 1.92. The molecule has 3 amide bonds. The minimum absolute atomic E-state index is 0.437. The molecule has 2 aromatic rings. The molecule has 0 aliphatic rings. The van der Waals surface area contributed by atoms with Crippen molar-refractivity contribution in [1.29, 1.82) is 0 Å². The quantitative estimate of drug-likeness (QED) is 0.845. The number of imide groups is 1. The summed E-state index contributed by atoms with van der Waals surface area (Å²) >= 11 is 1.27. The number of urea groups is 1. The molecule has 0 fully saturated rings. The number of aromatic nitrogens is 2. The van der Waals surface area contributed by atoms with Crippen LogP contribution >= 0.6 is 11.8 Å². The predicted molar refractivity (Wildman–Crippen MR) is 86.1 cm³/mol. The maximum absolute atomic E-state index is 11.8. The zero-order valence-electron chi connectivity index (χ0n) is 12.7. The van der Waals surface area contributed by atoms with Crippen LogP contribution in [0.2, 0.25) is 0 Å². The van der Waals surface area contributed by atoms with Crippen molar-refractivity contribution in [2.45, 2.75) is 31.2 Å². The molecule has 6 nitrogen and oxygen atoms in total. The first-order chi connectivity index (χ1) is 10.4. The minimum Gasteiger partial charge on any atom is -0.351 e. The highest BCUT2D eigenvalue weighted by molar-refractivity contribution is 8.00. The molecule has 0 radical (unpaired) electrons. The summed E-state index contributed by atoms with van der Waals surface area (Å²) in [5.74, 6) is -0.437. The fourth-order valence-electron chi connectivity index (χ4n) is 2.07. The molecular formula is C15H18N4O2S. The van der Waals surface area contributed by atoms with Gasteiger partial charge in [-0.3, -0.25) is 14.7 Å². The fourth-order valence-corrected chi connectivity index (χ4v) is 2.95. The highest BCUT2D eigenvalue weighted by atomic mass is 32.2. The number of nitrogens with two attached hydrogens (primary N) is 1. The Hall–Kier alpha value is -2.28. The van der Waals surface area contributed by atoms with E-state index in [1.165, 1.54) is 17.3 Å². The molecule has 1 heterocycles. The number of hydrogen-bond donors (Lipinski definition) is 2. The third kappa shape index (κ3) is 3.67. The molecule has 0 aliphatic heterocycles. The minimum atomic E-state index is -0.852. The number of imidazole rings is 1. The van der Waals surface area contributed by atoms with Gasteiger partial charge < -0.3 is 5.73 Å². The monoisotopic (exact) mass is 318 g/mol. The lowest BCUT2D eigenvalue weighted by atomic mass is 10.1. The van der Waals surface area contributed by atoms with Crippen molar-refractivity contribution in [2.75, 3.05) is 0 Å². The molecule has 1 atom stereocenters. The van der Waals surface area contributed by atoms with E-state index in [4.69, 9.17) is 5.73 Å². The van der Waals surface area contributed by atoms with Crippen molar-refractivity contribution in [2.24, 2.45) is 5.73 Å². The number of carbonyl (C=O) groups excluding carboxylic acids is 2. The van der Waals surface area contributed by atoms with E-state index >= 15 is 0 Å². The van der Waals surface area contributed by atoms with Crippen LogP contribution in [0.4, 0.5) is 4.79 Å². The Labute approximate surface area is 133 Å². The van der Waals surface area contributed by atoms with Gasteiger partial charge in [-0.2, -0.15) is 0 Å². The second-order valence-corrected chi connectivity index (χ2v) is 6.29. The van der Waals surface area contributed by atoms with Crippen LogP contribution in [0, 0.1) is 13.8 Å². The molecule has 3 N–H and O–H groups in total. The highest BCUT2D eigenvalue weighted by Gasteiger charge is 2.19. The van der Waals surface area contributed by atoms with Crippen LogP contribution in [0.15, 0.2) is 35.7 Å². The Balaban J connectivity index is 2.23. The molecule has 2 rings (SSSR count). The van der Waals surface area contributed by atoms with Gasteiger partial charge in [0.15, 0.2) is 5.16 Å². The van der Waals surface area contributed by atoms with Gasteiger partial charge in [0.25, 0.3) is 0 Å². The molecule has 7 heteroatoms. The number of benzene rings is 1. The summed E-state index contributed by atoms with van der Waals surface area (Å²) in [7, 11) is 0. The molecular weight excluding hydrogens is 300 g/mol. The standard InChI is InChI=1S/C15H18N4O2S/c1-9-4-5-12(10(2)8-9)19-7-6-17-15(19)22-11(3)13(20)18-14(16)21/h4-8,11H,1-3H3,(H3,16,18,20,21)/t11-/m1/s1. The van der Waals surface area contributed by atoms with Crippen molar-refractivity contribution in [3.63, 3.8) is 0 Å². The number of amides is 3. The van der Waals surface area contributed by atoms with Crippen molar-refractivity contribution in [1.82, 2.24) is 14.9 Å². The van der Waals surface area contributed by atoms with Gasteiger partial charge in [-0.1, -0.05) is 29.5 Å². The summed E-state index contributed by atoms with van der Waals surface area (Å²) in [6.07, 6.45) is 3.53. The van der Waals surface area contributed by atoms with E-state index in [0.717, 1.165) is 11.3 Å². The number of thioether (sulfide) groups is 1. The molecule has 116 valence electrons. The summed E-state index contributed by atoms with van der Waals surface area (Å²) in [5.41, 5.74) is 8.27. The second kappa shape index (κ2) is 6.65. The number of nitrogens with one attached hydrogen (secondary N) is 1. The maximum atomic E-state index is 11.8. The van der Waals surface area contributed by atoms with Gasteiger partial charge in [-0.15, -0.1) is 0 Å². The Morgan fingerprint density at radius 3 is 2.73 bits per heavy atom. The van der Waals surface area contributed by atoms with Gasteiger partial charge >= 0.3 is 6.03 Å². The molecule has 0 unspecified atom stereocenters. The van der Waals surface area contributed by atoms with E-state index in [-0.39, 0.29) is 0 Å². The van der Waals surface area contributed by atoms with E-state index in [2.05, 4.69) is 16.4 Å². The van der Waals surface area contributed by atoms with Gasteiger partial charge in [0.2, 0.25) is 5.91 Å². The predicted octanol–water partition coefficient (Wildman–Crippen LogP) is 2.16. The SMILES string of the molecule is Cc1ccc(-n2ccnc2S[C@H](C)C(=O)NC(N)=O)c(C)c1. The number of hydrogen-bond acceptors (Lipinski definition) is 4. The number of carbonyl (C=O) groups is 2. The lowest BCUT2D eigenvalue weighted by Crippen LogP contribution is -2.39. The largest absolute Gasteiger partial charge is 0.351 e. The van der Waals surface area contributed by atoms with Crippen molar-refractivity contribution < 1.29 is 9.59 Å². The molecule has 22 heavy (non-hydrogen) atoms. The molecule has 0 bridgehead atoms. The topological polar surface area (TPSA) is 90.0 Å². The van der Waals surface area contributed by atoms with E-state index < -0.39 is 17.2 Å². The van der Waals surface area contributed by atoms with Crippen LogP contribution < -0.4 is 11.1 Å². The number of aryl methyl sites for hydroxylation is 2. The first-order valence-corrected chi connectivity index (χ1v) is 7.64. The van der Waals surface area contributed by atoms with E-state index in [1.54, 1.807) is 13.1 Å². The molecule has 0 aliphatic carbocycles. The summed E-state index contributed by atoms with van der Waals surface area (Å²) in [4.78, 5) is 26.8. The number of rotatable bonds is 4. The summed E-state index contributed by atoms with van der Waals surface area (Å²) in [6.45, 7) is 5.76. The average molecular weight is 318 g/mol. The van der Waals surface area contributed by atoms with Crippen LogP contribution in [-0.2, 0) is 4.79 Å². The van der Waals surface area contributed by atoms with Gasteiger partial charge in [-0.25, -0.2) is 9.78 Å². The molecule has 1 aromatic heterocycles. The van der Waals surface area contributed by atoms with Gasteiger partial charge in [0.05, 0.1) is 10.9 Å². The summed E-state index contributed by atoms with van der Waals surface area (Å²) in [6, 6.07) is 5.28.